The van der Waals surface area contributed by atoms with Crippen LogP contribution in [0.3, 0.4) is 0 Å². The Bertz CT molecular complexity index is 419. The minimum absolute atomic E-state index is 0.481. The van der Waals surface area contributed by atoms with Gasteiger partial charge in [-0.2, -0.15) is 0 Å². The summed E-state index contributed by atoms with van der Waals surface area (Å²) in [5.41, 5.74) is 4.24. The maximum atomic E-state index is 11.2. The summed E-state index contributed by atoms with van der Waals surface area (Å²) in [6, 6.07) is 3.78. The van der Waals surface area contributed by atoms with E-state index in [0.29, 0.717) is 11.5 Å². The van der Waals surface area contributed by atoms with Gasteiger partial charge in [0.05, 0.1) is 5.56 Å². The van der Waals surface area contributed by atoms with Gasteiger partial charge < -0.3 is 5.11 Å². The Morgan fingerprint density at radius 1 is 1.19 bits per heavy atom. The monoisotopic (exact) mass is 218 g/mol. The van der Waals surface area contributed by atoms with Gasteiger partial charge >= 0.3 is 5.97 Å². The van der Waals surface area contributed by atoms with Gasteiger partial charge in [0.2, 0.25) is 0 Å². The van der Waals surface area contributed by atoms with Gasteiger partial charge in [0.25, 0.3) is 0 Å². The van der Waals surface area contributed by atoms with Crippen LogP contribution in [-0.2, 0) is 12.8 Å². The van der Waals surface area contributed by atoms with Crippen molar-refractivity contribution in [3.63, 3.8) is 0 Å². The predicted molar refractivity (Wildman–Crippen MR) is 64.1 cm³/mol. The Balaban J connectivity index is 2.59. The van der Waals surface area contributed by atoms with Crippen LogP contribution in [0.15, 0.2) is 12.1 Å². The zero-order valence-corrected chi connectivity index (χ0v) is 9.92. The van der Waals surface area contributed by atoms with Crippen molar-refractivity contribution in [2.45, 2.75) is 45.4 Å². The SMILES string of the molecule is CC(C)c1ccc(C(=O)O)c2c1CCCC2. The molecule has 0 aliphatic heterocycles. The minimum atomic E-state index is -0.784. The maximum Gasteiger partial charge on any atom is 0.335 e. The van der Waals surface area contributed by atoms with Crippen molar-refractivity contribution in [3.05, 3.63) is 34.4 Å². The lowest BCUT2D eigenvalue weighted by Gasteiger charge is -2.23. The molecule has 0 aromatic heterocycles. The molecule has 0 atom stereocenters. The van der Waals surface area contributed by atoms with Crippen LogP contribution >= 0.6 is 0 Å². The first-order valence-electron chi connectivity index (χ1n) is 5.99. The molecule has 1 aromatic carbocycles. The summed E-state index contributed by atoms with van der Waals surface area (Å²) in [4.78, 5) is 11.2. The number of hydrogen-bond acceptors (Lipinski definition) is 1. The highest BCUT2D eigenvalue weighted by atomic mass is 16.4. The lowest BCUT2D eigenvalue weighted by Crippen LogP contribution is -2.13. The van der Waals surface area contributed by atoms with E-state index in [1.807, 2.05) is 6.07 Å². The topological polar surface area (TPSA) is 37.3 Å². The Kier molecular flexibility index (Phi) is 2.99. The van der Waals surface area contributed by atoms with Crippen LogP contribution in [0.4, 0.5) is 0 Å². The highest BCUT2D eigenvalue weighted by Crippen LogP contribution is 2.31. The van der Waals surface area contributed by atoms with Gasteiger partial charge in [-0.15, -0.1) is 0 Å². The third-order valence-electron chi connectivity index (χ3n) is 3.42. The molecule has 2 nitrogen and oxygen atoms in total. The summed E-state index contributed by atoms with van der Waals surface area (Å²) in [5.74, 6) is -0.303. The zero-order valence-electron chi connectivity index (χ0n) is 9.92. The standard InChI is InChI=1S/C14H18O2/c1-9(2)10-7-8-13(14(15)16)12-6-4-3-5-11(10)12/h7-9H,3-6H2,1-2H3,(H,15,16). The van der Waals surface area contributed by atoms with Gasteiger partial charge in [0.1, 0.15) is 0 Å². The van der Waals surface area contributed by atoms with E-state index >= 15 is 0 Å². The summed E-state index contributed by atoms with van der Waals surface area (Å²) in [6.45, 7) is 4.34. The second-order valence-corrected chi connectivity index (χ2v) is 4.83. The molecule has 0 saturated heterocycles. The number of hydrogen-bond donors (Lipinski definition) is 1. The van der Waals surface area contributed by atoms with E-state index in [9.17, 15) is 9.90 Å². The summed E-state index contributed by atoms with van der Waals surface area (Å²) in [7, 11) is 0. The van der Waals surface area contributed by atoms with Crippen LogP contribution in [-0.4, -0.2) is 11.1 Å². The normalized spacial score (nSPS) is 14.9. The largest absolute Gasteiger partial charge is 0.478 e. The number of benzene rings is 1. The molecule has 0 heterocycles. The lowest BCUT2D eigenvalue weighted by atomic mass is 9.82. The minimum Gasteiger partial charge on any atom is -0.478 e. The van der Waals surface area contributed by atoms with Crippen molar-refractivity contribution in [1.29, 1.82) is 0 Å². The molecule has 0 radical (unpaired) electrons. The van der Waals surface area contributed by atoms with Crippen LogP contribution in [0, 0.1) is 0 Å². The molecule has 0 saturated carbocycles. The molecule has 0 unspecified atom stereocenters. The molecular formula is C14H18O2. The summed E-state index contributed by atoms with van der Waals surface area (Å²) in [5, 5.41) is 9.17. The van der Waals surface area contributed by atoms with Gasteiger partial charge in [0, 0.05) is 0 Å². The molecule has 0 fully saturated rings. The number of carbonyl (C=O) groups is 1. The Morgan fingerprint density at radius 3 is 2.38 bits per heavy atom. The molecule has 0 bridgehead atoms. The fourth-order valence-corrected chi connectivity index (χ4v) is 2.64. The zero-order chi connectivity index (χ0) is 11.7. The van der Waals surface area contributed by atoms with Gasteiger partial charge in [-0.1, -0.05) is 19.9 Å². The van der Waals surface area contributed by atoms with Crippen molar-refractivity contribution in [2.75, 3.05) is 0 Å². The average Bonchev–Trinajstić information content (AvgIpc) is 2.27. The molecule has 1 aliphatic rings. The molecule has 1 aromatic rings. The molecule has 1 N–H and O–H groups in total. The molecule has 0 amide bonds. The Hall–Kier alpha value is -1.31. The quantitative estimate of drug-likeness (QED) is 0.826. The van der Waals surface area contributed by atoms with Crippen LogP contribution in [0.2, 0.25) is 0 Å². The third-order valence-corrected chi connectivity index (χ3v) is 3.42. The highest BCUT2D eigenvalue weighted by molar-refractivity contribution is 5.90. The fourth-order valence-electron chi connectivity index (χ4n) is 2.64. The number of rotatable bonds is 2. The van der Waals surface area contributed by atoms with Crippen molar-refractivity contribution < 1.29 is 9.90 Å². The first-order valence-corrected chi connectivity index (χ1v) is 5.99. The van der Waals surface area contributed by atoms with E-state index in [0.717, 1.165) is 24.8 Å². The molecule has 16 heavy (non-hydrogen) atoms. The number of carboxylic acid groups (broad SMARTS) is 1. The van der Waals surface area contributed by atoms with Crippen molar-refractivity contribution in [2.24, 2.45) is 0 Å². The predicted octanol–water partition coefficient (Wildman–Crippen LogP) is 3.39. The molecule has 86 valence electrons. The Labute approximate surface area is 96.3 Å². The van der Waals surface area contributed by atoms with Gasteiger partial charge in [-0.25, -0.2) is 4.79 Å². The second-order valence-electron chi connectivity index (χ2n) is 4.83. The van der Waals surface area contributed by atoms with E-state index in [4.69, 9.17) is 0 Å². The second kappa shape index (κ2) is 4.28. The number of aromatic carboxylic acids is 1. The Morgan fingerprint density at radius 2 is 1.81 bits per heavy atom. The first-order chi connectivity index (χ1) is 7.61. The number of fused-ring (bicyclic) bond motifs is 1. The van der Waals surface area contributed by atoms with Gasteiger partial charge in [-0.05, 0) is 54.4 Å². The van der Waals surface area contributed by atoms with E-state index in [2.05, 4.69) is 13.8 Å². The lowest BCUT2D eigenvalue weighted by molar-refractivity contribution is 0.0695. The molecular weight excluding hydrogens is 200 g/mol. The third kappa shape index (κ3) is 1.84. The highest BCUT2D eigenvalue weighted by Gasteiger charge is 2.20. The summed E-state index contributed by atoms with van der Waals surface area (Å²) < 4.78 is 0. The van der Waals surface area contributed by atoms with Gasteiger partial charge in [-0.3, -0.25) is 0 Å². The molecule has 1 aliphatic carbocycles. The van der Waals surface area contributed by atoms with Crippen molar-refractivity contribution in [1.82, 2.24) is 0 Å². The van der Waals surface area contributed by atoms with Crippen LogP contribution < -0.4 is 0 Å². The van der Waals surface area contributed by atoms with E-state index in [-0.39, 0.29) is 0 Å². The van der Waals surface area contributed by atoms with Crippen molar-refractivity contribution in [3.8, 4) is 0 Å². The van der Waals surface area contributed by atoms with Crippen LogP contribution in [0.1, 0.15) is 59.7 Å². The van der Waals surface area contributed by atoms with E-state index in [1.165, 1.54) is 17.5 Å². The van der Waals surface area contributed by atoms with Crippen LogP contribution in [0.25, 0.3) is 0 Å². The molecule has 2 heteroatoms. The molecule has 0 spiro atoms. The first kappa shape index (κ1) is 11.2. The average molecular weight is 218 g/mol. The van der Waals surface area contributed by atoms with E-state index < -0.39 is 5.97 Å². The van der Waals surface area contributed by atoms with Crippen molar-refractivity contribution >= 4 is 5.97 Å². The number of carboxylic acids is 1. The molecule has 2 rings (SSSR count). The van der Waals surface area contributed by atoms with E-state index in [1.54, 1.807) is 6.07 Å². The van der Waals surface area contributed by atoms with Crippen LogP contribution in [0.5, 0.6) is 0 Å². The summed E-state index contributed by atoms with van der Waals surface area (Å²) >= 11 is 0. The smallest absolute Gasteiger partial charge is 0.335 e. The fraction of sp³-hybridized carbons (Fsp3) is 0.500. The van der Waals surface area contributed by atoms with Gasteiger partial charge in [0.15, 0.2) is 0 Å². The summed E-state index contributed by atoms with van der Waals surface area (Å²) in [6.07, 6.45) is 4.28. The maximum absolute atomic E-state index is 11.2.